The van der Waals surface area contributed by atoms with Crippen molar-refractivity contribution in [3.05, 3.63) is 36.4 Å². The minimum atomic E-state index is -8.91. The fourth-order valence-corrected chi connectivity index (χ4v) is 10.4. The maximum absolute atomic E-state index is 14.9. The Morgan fingerprint density at radius 3 is 1.52 bits per heavy atom. The van der Waals surface area contributed by atoms with E-state index in [0.717, 1.165) is 6.07 Å². The molecule has 0 aromatic heterocycles. The van der Waals surface area contributed by atoms with Crippen molar-refractivity contribution in [2.24, 2.45) is 0 Å². The van der Waals surface area contributed by atoms with E-state index < -0.39 is 78.9 Å². The van der Waals surface area contributed by atoms with Crippen molar-refractivity contribution in [3.63, 3.8) is 0 Å². The summed E-state index contributed by atoms with van der Waals surface area (Å²) in [7, 11) is -11.6. The van der Waals surface area contributed by atoms with Gasteiger partial charge in [-0.1, -0.05) is 41.5 Å². The molecule has 1 saturated heterocycles. The number of hydrogen-bond donors (Lipinski definition) is 0. The molecule has 1 heterocycles. The van der Waals surface area contributed by atoms with E-state index in [9.17, 15) is 83.1 Å². The Morgan fingerprint density at radius 2 is 1.06 bits per heavy atom. The molecule has 1 fully saturated rings. The Kier molecular flexibility index (Phi) is 10.1. The van der Waals surface area contributed by atoms with Gasteiger partial charge in [0.05, 0.1) is 6.61 Å². The van der Waals surface area contributed by atoms with Crippen LogP contribution < -0.4 is 4.74 Å². The zero-order valence-electron chi connectivity index (χ0n) is 23.6. The standard InChI is InChI=1S/C25H21F17O4S2/c1-2-11-45-16-9-10-17(15-8-4-3-7-14(15)16)47(12-5-6-13-47)46-48(43,44)25(41,42)23(36,37)21(32,33)19(28,29)18(26,27)20(30,31)22(34,35)24(38,39)40/h3-4,7-10H,2,5-6,11-13H2,1H3. The highest BCUT2D eigenvalue weighted by molar-refractivity contribution is 8.33. The first-order valence-electron chi connectivity index (χ1n) is 13.1. The summed E-state index contributed by atoms with van der Waals surface area (Å²) in [6.45, 7) is 1.85. The van der Waals surface area contributed by atoms with Gasteiger partial charge in [-0.15, -0.1) is 0 Å². The van der Waals surface area contributed by atoms with Crippen molar-refractivity contribution in [1.82, 2.24) is 0 Å². The molecule has 1 aliphatic heterocycles. The normalized spacial score (nSPS) is 18.3. The average Bonchev–Trinajstić information content (AvgIpc) is 3.43. The van der Waals surface area contributed by atoms with Crippen LogP contribution >= 0.6 is 10.3 Å². The number of hydrogen-bond acceptors (Lipinski definition) is 4. The third-order valence-electron chi connectivity index (χ3n) is 7.13. The summed E-state index contributed by atoms with van der Waals surface area (Å²) in [6, 6.07) is 7.62. The van der Waals surface area contributed by atoms with Gasteiger partial charge in [0, 0.05) is 21.8 Å². The second-order valence-corrected chi connectivity index (χ2v) is 15.2. The molecule has 0 aliphatic carbocycles. The molecule has 48 heavy (non-hydrogen) atoms. The van der Waals surface area contributed by atoms with Crippen LogP contribution in [-0.4, -0.2) is 73.5 Å². The van der Waals surface area contributed by atoms with Crippen molar-refractivity contribution in [2.75, 3.05) is 18.1 Å². The van der Waals surface area contributed by atoms with Crippen LogP contribution in [0.25, 0.3) is 10.8 Å². The molecule has 23 heteroatoms. The topological polar surface area (TPSA) is 52.6 Å². The van der Waals surface area contributed by atoms with E-state index in [-0.39, 0.29) is 40.9 Å². The quantitative estimate of drug-likeness (QED) is 0.190. The van der Waals surface area contributed by atoms with Gasteiger partial charge in [0.25, 0.3) is 0 Å². The highest BCUT2D eigenvalue weighted by atomic mass is 32.3. The highest BCUT2D eigenvalue weighted by Gasteiger charge is 2.96. The molecular weight excluding hydrogens is 751 g/mol. The molecule has 0 atom stereocenters. The zero-order chi connectivity index (χ0) is 37.2. The van der Waals surface area contributed by atoms with Crippen molar-refractivity contribution < 1.29 is 91.4 Å². The summed E-state index contributed by atoms with van der Waals surface area (Å²) < 4.78 is 269. The van der Waals surface area contributed by atoms with Crippen LogP contribution in [0.2, 0.25) is 0 Å². The third-order valence-corrected chi connectivity index (χ3v) is 12.8. The SMILES string of the molecule is CCCOc1ccc(S2(OS(=O)(=O)C(F)(F)C(F)(F)C(F)(F)C(F)(F)C(F)(F)C(F)(F)C(F)(F)C(F)(F)F)CCCC2)c2ccccc12. The zero-order valence-corrected chi connectivity index (χ0v) is 25.2. The van der Waals surface area contributed by atoms with Gasteiger partial charge in [-0.05, 0) is 36.8 Å². The Bertz CT molecular complexity index is 1600. The summed E-state index contributed by atoms with van der Waals surface area (Å²) in [5.74, 6) is -53.1. The van der Waals surface area contributed by atoms with Gasteiger partial charge in [0.2, 0.25) is 0 Å². The molecule has 3 rings (SSSR count). The molecule has 0 bridgehead atoms. The summed E-state index contributed by atoms with van der Waals surface area (Å²) in [4.78, 5) is -0.292. The van der Waals surface area contributed by atoms with Crippen LogP contribution in [0.1, 0.15) is 26.2 Å². The first-order chi connectivity index (χ1) is 21.5. The fraction of sp³-hybridized carbons (Fsp3) is 0.600. The summed E-state index contributed by atoms with van der Waals surface area (Å²) in [5.41, 5.74) is 0. The monoisotopic (exact) mass is 772 g/mol. The summed E-state index contributed by atoms with van der Waals surface area (Å²) >= 11 is 0. The van der Waals surface area contributed by atoms with Gasteiger partial charge in [0.15, 0.2) is 0 Å². The molecule has 0 N–H and O–H groups in total. The van der Waals surface area contributed by atoms with E-state index in [1.807, 2.05) is 0 Å². The predicted octanol–water partition coefficient (Wildman–Crippen LogP) is 9.81. The number of ether oxygens (including phenoxy) is 1. The molecule has 0 saturated carbocycles. The summed E-state index contributed by atoms with van der Waals surface area (Å²) in [5, 5.41) is -7.57. The van der Waals surface area contributed by atoms with E-state index in [2.05, 4.69) is 3.63 Å². The van der Waals surface area contributed by atoms with E-state index in [0.29, 0.717) is 6.42 Å². The van der Waals surface area contributed by atoms with Crippen molar-refractivity contribution >= 4 is 31.2 Å². The van der Waals surface area contributed by atoms with E-state index in [1.165, 1.54) is 30.3 Å². The predicted molar refractivity (Wildman–Crippen MR) is 135 cm³/mol. The second kappa shape index (κ2) is 12.1. The van der Waals surface area contributed by atoms with Gasteiger partial charge < -0.3 is 4.74 Å². The van der Waals surface area contributed by atoms with Crippen molar-refractivity contribution in [3.8, 4) is 5.75 Å². The van der Waals surface area contributed by atoms with Gasteiger partial charge >= 0.3 is 57.1 Å². The minimum Gasteiger partial charge on any atom is -0.493 e. The Morgan fingerprint density at radius 1 is 0.625 bits per heavy atom. The number of fused-ring (bicyclic) bond motifs is 1. The fourth-order valence-electron chi connectivity index (χ4n) is 4.52. The number of benzene rings is 2. The average molecular weight is 773 g/mol. The van der Waals surface area contributed by atoms with Gasteiger partial charge in [-0.3, -0.25) is 0 Å². The molecule has 0 radical (unpaired) electrons. The van der Waals surface area contributed by atoms with Crippen LogP contribution in [0.5, 0.6) is 5.75 Å². The first-order valence-corrected chi connectivity index (χ1v) is 16.4. The third kappa shape index (κ3) is 5.62. The lowest BCUT2D eigenvalue weighted by molar-refractivity contribution is -0.458. The molecule has 4 nitrogen and oxygen atoms in total. The Labute approximate surface area is 261 Å². The molecule has 2 aromatic carbocycles. The molecule has 2 aromatic rings. The van der Waals surface area contributed by atoms with Crippen LogP contribution in [0.3, 0.4) is 0 Å². The van der Waals surface area contributed by atoms with Crippen LogP contribution in [0, 0.1) is 0 Å². The first kappa shape index (κ1) is 40.0. The lowest BCUT2D eigenvalue weighted by Crippen LogP contribution is -2.75. The van der Waals surface area contributed by atoms with Gasteiger partial charge in [-0.2, -0.15) is 83.1 Å². The Hall–Kier alpha value is -2.43. The number of alkyl halides is 17. The van der Waals surface area contributed by atoms with E-state index in [1.54, 1.807) is 6.92 Å². The van der Waals surface area contributed by atoms with Crippen LogP contribution in [0.15, 0.2) is 41.3 Å². The van der Waals surface area contributed by atoms with Crippen LogP contribution in [0.4, 0.5) is 74.6 Å². The van der Waals surface area contributed by atoms with Crippen LogP contribution in [-0.2, 0) is 13.7 Å². The molecule has 276 valence electrons. The van der Waals surface area contributed by atoms with Crippen molar-refractivity contribution in [2.45, 2.75) is 78.0 Å². The molecule has 0 amide bonds. The molecule has 0 unspecified atom stereocenters. The molecule has 1 aliphatic rings. The van der Waals surface area contributed by atoms with Crippen molar-refractivity contribution in [1.29, 1.82) is 0 Å². The summed E-state index contributed by atoms with van der Waals surface area (Å²) in [6.07, 6.45) is -7.60. The Balaban J connectivity index is 2.15. The van der Waals surface area contributed by atoms with E-state index >= 15 is 0 Å². The van der Waals surface area contributed by atoms with Gasteiger partial charge in [0.1, 0.15) is 5.75 Å². The smallest absolute Gasteiger partial charge is 0.460 e. The van der Waals surface area contributed by atoms with E-state index in [4.69, 9.17) is 4.74 Å². The molecular formula is C25H21F17O4S2. The molecule has 0 spiro atoms. The maximum Gasteiger partial charge on any atom is 0.460 e. The lowest BCUT2D eigenvalue weighted by Gasteiger charge is -2.43. The maximum atomic E-state index is 14.9. The largest absolute Gasteiger partial charge is 0.493 e. The number of halogens is 17. The van der Waals surface area contributed by atoms with Gasteiger partial charge in [-0.25, -0.2) is 3.63 Å². The number of rotatable bonds is 13. The lowest BCUT2D eigenvalue weighted by atomic mass is 9.91. The minimum absolute atomic E-state index is 0.00221. The second-order valence-electron chi connectivity index (χ2n) is 10.4. The highest BCUT2D eigenvalue weighted by Crippen LogP contribution is 2.68.